The van der Waals surface area contributed by atoms with E-state index in [9.17, 15) is 9.59 Å². The zero-order valence-corrected chi connectivity index (χ0v) is 15.7. The number of hydrogen-bond acceptors (Lipinski definition) is 4. The van der Waals surface area contributed by atoms with Crippen LogP contribution in [0.25, 0.3) is 0 Å². The molecule has 3 rings (SSSR count). The minimum absolute atomic E-state index is 0.0561. The topological polar surface area (TPSA) is 71.5 Å². The highest BCUT2D eigenvalue weighted by Crippen LogP contribution is 2.37. The summed E-state index contributed by atoms with van der Waals surface area (Å²) in [6.07, 6.45) is 2.62. The highest BCUT2D eigenvalue weighted by Gasteiger charge is 2.39. The summed E-state index contributed by atoms with van der Waals surface area (Å²) in [6.45, 7) is 2.88. The van der Waals surface area contributed by atoms with Gasteiger partial charge < -0.3 is 15.0 Å². The van der Waals surface area contributed by atoms with Crippen LogP contribution < -0.4 is 10.1 Å². The molecule has 2 heterocycles. The smallest absolute Gasteiger partial charge is 0.225 e. The van der Waals surface area contributed by atoms with Crippen LogP contribution >= 0.6 is 0 Å². The van der Waals surface area contributed by atoms with Gasteiger partial charge in [0.2, 0.25) is 11.8 Å². The Morgan fingerprint density at radius 2 is 2.15 bits per heavy atom. The third-order valence-electron chi connectivity index (χ3n) is 4.99. The number of nitrogens with one attached hydrogen (secondary N) is 1. The van der Waals surface area contributed by atoms with E-state index in [0.29, 0.717) is 31.7 Å². The van der Waals surface area contributed by atoms with E-state index in [1.807, 2.05) is 49.4 Å². The lowest BCUT2D eigenvalue weighted by atomic mass is 9.83. The molecule has 0 saturated carbocycles. The lowest BCUT2D eigenvalue weighted by Crippen LogP contribution is -2.47. The number of amides is 2. The van der Waals surface area contributed by atoms with Crippen LogP contribution in [0.3, 0.4) is 0 Å². The number of ether oxygens (including phenoxy) is 1. The van der Waals surface area contributed by atoms with Gasteiger partial charge in [0, 0.05) is 19.2 Å². The van der Waals surface area contributed by atoms with Gasteiger partial charge in [-0.3, -0.25) is 14.6 Å². The Bertz CT molecular complexity index is 794. The van der Waals surface area contributed by atoms with Gasteiger partial charge in [0.05, 0.1) is 31.3 Å². The molecule has 1 aliphatic heterocycles. The predicted molar refractivity (Wildman–Crippen MR) is 102 cm³/mol. The Labute approximate surface area is 159 Å². The zero-order valence-electron chi connectivity index (χ0n) is 15.7. The van der Waals surface area contributed by atoms with E-state index in [4.69, 9.17) is 4.74 Å². The maximum Gasteiger partial charge on any atom is 0.225 e. The summed E-state index contributed by atoms with van der Waals surface area (Å²) in [4.78, 5) is 31.5. The number of pyridine rings is 1. The van der Waals surface area contributed by atoms with Crippen LogP contribution in [-0.2, 0) is 16.1 Å². The van der Waals surface area contributed by atoms with E-state index in [0.717, 1.165) is 11.3 Å². The standard InChI is InChI=1S/C21H25N3O3/c1-3-24-19(25)11-10-18(20(24)15-7-6-9-17(13-15)27-2)21(26)23-14-16-8-4-5-12-22-16/h4-9,12-13,18,20H,3,10-11,14H2,1-2H3,(H,23,26)/t18-,20+/m1/s1. The normalized spacial score (nSPS) is 19.6. The van der Waals surface area contributed by atoms with Gasteiger partial charge in [-0.15, -0.1) is 0 Å². The summed E-state index contributed by atoms with van der Waals surface area (Å²) in [5.74, 6) is 0.436. The number of rotatable bonds is 6. The van der Waals surface area contributed by atoms with Crippen molar-refractivity contribution in [1.82, 2.24) is 15.2 Å². The van der Waals surface area contributed by atoms with Crippen molar-refractivity contribution in [1.29, 1.82) is 0 Å². The number of nitrogens with zero attached hydrogens (tertiary/aromatic N) is 2. The second kappa shape index (κ2) is 8.66. The monoisotopic (exact) mass is 367 g/mol. The van der Waals surface area contributed by atoms with E-state index in [1.165, 1.54) is 0 Å². The number of aromatic nitrogens is 1. The summed E-state index contributed by atoms with van der Waals surface area (Å²) in [7, 11) is 1.61. The molecule has 6 heteroatoms. The Morgan fingerprint density at radius 3 is 2.85 bits per heavy atom. The maximum absolute atomic E-state index is 13.0. The van der Waals surface area contributed by atoms with Crippen molar-refractivity contribution < 1.29 is 14.3 Å². The fourth-order valence-electron chi connectivity index (χ4n) is 3.65. The Morgan fingerprint density at radius 1 is 1.30 bits per heavy atom. The van der Waals surface area contributed by atoms with Gasteiger partial charge in [0.15, 0.2) is 0 Å². The van der Waals surface area contributed by atoms with Crippen molar-refractivity contribution in [2.45, 2.75) is 32.4 Å². The van der Waals surface area contributed by atoms with Crippen LogP contribution in [0.5, 0.6) is 5.75 Å². The number of benzene rings is 1. The summed E-state index contributed by atoms with van der Waals surface area (Å²) in [6, 6.07) is 12.9. The average Bonchev–Trinajstić information content (AvgIpc) is 2.72. The summed E-state index contributed by atoms with van der Waals surface area (Å²) in [5.41, 5.74) is 1.73. The van der Waals surface area contributed by atoms with Gasteiger partial charge in [-0.2, -0.15) is 0 Å². The SMILES string of the molecule is CCN1C(=O)CC[C@@H](C(=O)NCc2ccccn2)[C@@H]1c1cccc(OC)c1. The van der Waals surface area contributed by atoms with Gasteiger partial charge in [-0.25, -0.2) is 0 Å². The number of methoxy groups -OCH3 is 1. The average molecular weight is 367 g/mol. The first kappa shape index (κ1) is 18.9. The molecule has 1 saturated heterocycles. The molecule has 2 atom stereocenters. The van der Waals surface area contributed by atoms with Crippen LogP contribution in [0, 0.1) is 5.92 Å². The third kappa shape index (κ3) is 4.27. The molecule has 2 amide bonds. The Hall–Kier alpha value is -2.89. The molecule has 1 aliphatic rings. The number of carbonyl (C=O) groups excluding carboxylic acids is 2. The van der Waals surface area contributed by atoms with Gasteiger partial charge >= 0.3 is 0 Å². The lowest BCUT2D eigenvalue weighted by molar-refractivity contribution is -0.143. The minimum atomic E-state index is -0.307. The molecule has 0 bridgehead atoms. The third-order valence-corrected chi connectivity index (χ3v) is 4.99. The quantitative estimate of drug-likeness (QED) is 0.852. The van der Waals surface area contributed by atoms with E-state index in [-0.39, 0.29) is 23.8 Å². The Kier molecular flexibility index (Phi) is 6.06. The fraction of sp³-hybridized carbons (Fsp3) is 0.381. The van der Waals surface area contributed by atoms with Crippen molar-refractivity contribution >= 4 is 11.8 Å². The molecular formula is C21H25N3O3. The van der Waals surface area contributed by atoms with E-state index >= 15 is 0 Å². The number of piperidine rings is 1. The van der Waals surface area contributed by atoms with E-state index in [2.05, 4.69) is 10.3 Å². The van der Waals surface area contributed by atoms with Gasteiger partial charge in [-0.1, -0.05) is 18.2 Å². The highest BCUT2D eigenvalue weighted by molar-refractivity contribution is 5.85. The number of carbonyl (C=O) groups is 2. The highest BCUT2D eigenvalue weighted by atomic mass is 16.5. The van der Waals surface area contributed by atoms with Crippen molar-refractivity contribution in [3.05, 3.63) is 59.9 Å². The van der Waals surface area contributed by atoms with Gasteiger partial charge in [0.25, 0.3) is 0 Å². The molecule has 1 N–H and O–H groups in total. The summed E-state index contributed by atoms with van der Waals surface area (Å²) < 4.78 is 5.33. The maximum atomic E-state index is 13.0. The molecule has 6 nitrogen and oxygen atoms in total. The van der Waals surface area contributed by atoms with Crippen LogP contribution in [0.2, 0.25) is 0 Å². The fourth-order valence-corrected chi connectivity index (χ4v) is 3.65. The van der Waals surface area contributed by atoms with Crippen LogP contribution in [0.1, 0.15) is 37.1 Å². The molecule has 1 aromatic carbocycles. The van der Waals surface area contributed by atoms with Gasteiger partial charge in [-0.05, 0) is 43.2 Å². The first-order valence-corrected chi connectivity index (χ1v) is 9.25. The molecule has 1 fully saturated rings. The van der Waals surface area contributed by atoms with Gasteiger partial charge in [0.1, 0.15) is 5.75 Å². The molecule has 0 unspecified atom stereocenters. The predicted octanol–water partition coefficient (Wildman–Crippen LogP) is 2.71. The zero-order chi connectivity index (χ0) is 19.2. The van der Waals surface area contributed by atoms with Crippen molar-refractivity contribution in [3.63, 3.8) is 0 Å². The van der Waals surface area contributed by atoms with Crippen LogP contribution in [0.4, 0.5) is 0 Å². The first-order valence-electron chi connectivity index (χ1n) is 9.25. The van der Waals surface area contributed by atoms with E-state index < -0.39 is 0 Å². The summed E-state index contributed by atoms with van der Waals surface area (Å²) >= 11 is 0. The number of likely N-dealkylation sites (tertiary alicyclic amines) is 1. The molecule has 0 radical (unpaired) electrons. The first-order chi connectivity index (χ1) is 13.1. The summed E-state index contributed by atoms with van der Waals surface area (Å²) in [5, 5.41) is 2.99. The second-order valence-corrected chi connectivity index (χ2v) is 6.59. The van der Waals surface area contributed by atoms with Crippen molar-refractivity contribution in [2.75, 3.05) is 13.7 Å². The van der Waals surface area contributed by atoms with Crippen LogP contribution in [0.15, 0.2) is 48.7 Å². The molecule has 27 heavy (non-hydrogen) atoms. The van der Waals surface area contributed by atoms with Crippen molar-refractivity contribution in [2.24, 2.45) is 5.92 Å². The molecule has 2 aromatic rings. The second-order valence-electron chi connectivity index (χ2n) is 6.59. The molecule has 0 spiro atoms. The molecule has 142 valence electrons. The molecule has 0 aliphatic carbocycles. The minimum Gasteiger partial charge on any atom is -0.497 e. The molecule has 1 aromatic heterocycles. The lowest BCUT2D eigenvalue weighted by Gasteiger charge is -2.40. The molecular weight excluding hydrogens is 342 g/mol. The Balaban J connectivity index is 1.84. The van der Waals surface area contributed by atoms with Crippen molar-refractivity contribution in [3.8, 4) is 5.75 Å². The van der Waals surface area contributed by atoms with E-state index in [1.54, 1.807) is 18.2 Å². The van der Waals surface area contributed by atoms with Crippen LogP contribution in [-0.4, -0.2) is 35.4 Å². The largest absolute Gasteiger partial charge is 0.497 e. The number of hydrogen-bond donors (Lipinski definition) is 1.